The Kier molecular flexibility index (Phi) is 7.35. The molecular formula is C21H34N4O2. The van der Waals surface area contributed by atoms with E-state index in [0.717, 1.165) is 57.6 Å². The van der Waals surface area contributed by atoms with Crippen molar-refractivity contribution in [2.75, 3.05) is 59.5 Å². The Hall–Kier alpha value is -1.79. The third-order valence-corrected chi connectivity index (χ3v) is 5.39. The van der Waals surface area contributed by atoms with E-state index in [-0.39, 0.29) is 6.10 Å². The van der Waals surface area contributed by atoms with Crippen LogP contribution in [-0.2, 0) is 4.74 Å². The van der Waals surface area contributed by atoms with Gasteiger partial charge in [-0.15, -0.1) is 0 Å². The molecule has 0 bridgehead atoms. The van der Waals surface area contributed by atoms with E-state index in [2.05, 4.69) is 40.0 Å². The lowest BCUT2D eigenvalue weighted by molar-refractivity contribution is 0.0315. The van der Waals surface area contributed by atoms with Crippen molar-refractivity contribution in [1.82, 2.24) is 15.1 Å². The maximum atomic E-state index is 6.07. The maximum absolute atomic E-state index is 6.07. The Morgan fingerprint density at radius 3 is 2.81 bits per heavy atom. The van der Waals surface area contributed by atoms with Crippen molar-refractivity contribution in [2.45, 2.75) is 26.4 Å². The zero-order valence-corrected chi connectivity index (χ0v) is 17.0. The van der Waals surface area contributed by atoms with Crippen LogP contribution in [0.1, 0.15) is 18.9 Å². The molecule has 27 heavy (non-hydrogen) atoms. The molecule has 1 N–H and O–H groups in total. The molecule has 0 amide bonds. The lowest BCUT2D eigenvalue weighted by Gasteiger charge is -2.29. The van der Waals surface area contributed by atoms with E-state index >= 15 is 0 Å². The average molecular weight is 375 g/mol. The zero-order valence-electron chi connectivity index (χ0n) is 17.0. The first-order valence-corrected chi connectivity index (χ1v) is 10.1. The Bertz CT molecular complexity index is 616. The highest BCUT2D eigenvalue weighted by molar-refractivity contribution is 5.80. The highest BCUT2D eigenvalue weighted by Gasteiger charge is 2.27. The summed E-state index contributed by atoms with van der Waals surface area (Å²) in [5.41, 5.74) is 1.17. The minimum absolute atomic E-state index is 0.0783. The molecule has 2 aliphatic rings. The SMILES string of the molecule is CN=C(NCC(C)Oc1ccccc1C)N1CCC(CN2CCOCC2)C1. The van der Waals surface area contributed by atoms with Crippen LogP contribution in [0.4, 0.5) is 0 Å². The monoisotopic (exact) mass is 374 g/mol. The Morgan fingerprint density at radius 2 is 2.07 bits per heavy atom. The van der Waals surface area contributed by atoms with Gasteiger partial charge < -0.3 is 19.7 Å². The molecule has 0 saturated carbocycles. The number of benzene rings is 1. The van der Waals surface area contributed by atoms with Crippen molar-refractivity contribution in [3.8, 4) is 5.75 Å². The van der Waals surface area contributed by atoms with Gasteiger partial charge in [0.25, 0.3) is 0 Å². The minimum atomic E-state index is 0.0783. The van der Waals surface area contributed by atoms with E-state index in [9.17, 15) is 0 Å². The second-order valence-corrected chi connectivity index (χ2v) is 7.64. The average Bonchev–Trinajstić information content (AvgIpc) is 3.13. The molecule has 2 saturated heterocycles. The summed E-state index contributed by atoms with van der Waals surface area (Å²) in [6.45, 7) is 12.1. The summed E-state index contributed by atoms with van der Waals surface area (Å²) < 4.78 is 11.5. The van der Waals surface area contributed by atoms with E-state index in [1.165, 1.54) is 18.5 Å². The fraction of sp³-hybridized carbons (Fsp3) is 0.667. The van der Waals surface area contributed by atoms with Crippen LogP contribution in [0, 0.1) is 12.8 Å². The van der Waals surface area contributed by atoms with Gasteiger partial charge in [-0.05, 0) is 37.8 Å². The van der Waals surface area contributed by atoms with Crippen LogP contribution in [-0.4, -0.2) is 81.4 Å². The predicted molar refractivity (Wildman–Crippen MR) is 110 cm³/mol. The smallest absolute Gasteiger partial charge is 0.193 e. The number of para-hydroxylation sites is 1. The first-order chi connectivity index (χ1) is 13.2. The molecule has 6 heteroatoms. The fourth-order valence-electron chi connectivity index (χ4n) is 3.84. The third kappa shape index (κ3) is 5.84. The summed E-state index contributed by atoms with van der Waals surface area (Å²) >= 11 is 0. The zero-order chi connectivity index (χ0) is 19.1. The molecule has 2 fully saturated rings. The molecule has 0 radical (unpaired) electrons. The summed E-state index contributed by atoms with van der Waals surface area (Å²) in [6, 6.07) is 8.15. The van der Waals surface area contributed by atoms with Crippen molar-refractivity contribution in [2.24, 2.45) is 10.9 Å². The van der Waals surface area contributed by atoms with Crippen LogP contribution in [0.5, 0.6) is 5.75 Å². The number of guanidine groups is 1. The fourth-order valence-corrected chi connectivity index (χ4v) is 3.84. The van der Waals surface area contributed by atoms with Crippen LogP contribution in [0.25, 0.3) is 0 Å². The third-order valence-electron chi connectivity index (χ3n) is 5.39. The lowest BCUT2D eigenvalue weighted by atomic mass is 10.1. The van der Waals surface area contributed by atoms with E-state index in [0.29, 0.717) is 5.92 Å². The van der Waals surface area contributed by atoms with Gasteiger partial charge in [-0.25, -0.2) is 0 Å². The topological polar surface area (TPSA) is 49.3 Å². The number of morpholine rings is 1. The second kappa shape index (κ2) is 9.95. The van der Waals surface area contributed by atoms with Crippen molar-refractivity contribution >= 4 is 5.96 Å². The Morgan fingerprint density at radius 1 is 1.30 bits per heavy atom. The molecule has 1 aromatic rings. The molecule has 2 aliphatic heterocycles. The van der Waals surface area contributed by atoms with Gasteiger partial charge in [0.2, 0.25) is 0 Å². The summed E-state index contributed by atoms with van der Waals surface area (Å²) in [5.74, 6) is 2.65. The normalized spacial score (nSPS) is 22.7. The predicted octanol–water partition coefficient (Wildman–Crippen LogP) is 1.99. The number of likely N-dealkylation sites (tertiary alicyclic amines) is 1. The van der Waals surface area contributed by atoms with E-state index in [4.69, 9.17) is 9.47 Å². The van der Waals surface area contributed by atoms with Crippen LogP contribution in [0.15, 0.2) is 29.3 Å². The maximum Gasteiger partial charge on any atom is 0.193 e. The quantitative estimate of drug-likeness (QED) is 0.610. The molecule has 2 unspecified atom stereocenters. The van der Waals surface area contributed by atoms with Gasteiger partial charge in [-0.2, -0.15) is 0 Å². The molecule has 1 aromatic carbocycles. The van der Waals surface area contributed by atoms with Crippen LogP contribution >= 0.6 is 0 Å². The molecule has 0 aromatic heterocycles. The van der Waals surface area contributed by atoms with E-state index in [1.54, 1.807) is 0 Å². The van der Waals surface area contributed by atoms with Crippen LogP contribution in [0.2, 0.25) is 0 Å². The van der Waals surface area contributed by atoms with Gasteiger partial charge in [0.1, 0.15) is 11.9 Å². The Labute approximate surface area is 163 Å². The standard InChI is InChI=1S/C21H34N4O2/c1-17-6-4-5-7-20(17)27-18(2)14-23-21(22-3)25-9-8-19(16-25)15-24-10-12-26-13-11-24/h4-7,18-19H,8-16H2,1-3H3,(H,22,23). The molecule has 6 nitrogen and oxygen atoms in total. The summed E-state index contributed by atoms with van der Waals surface area (Å²) in [5, 5.41) is 3.49. The lowest BCUT2D eigenvalue weighted by Crippen LogP contribution is -2.44. The molecular weight excluding hydrogens is 340 g/mol. The van der Waals surface area contributed by atoms with Gasteiger partial charge in [0.15, 0.2) is 5.96 Å². The largest absolute Gasteiger partial charge is 0.489 e. The van der Waals surface area contributed by atoms with Gasteiger partial charge in [-0.3, -0.25) is 9.89 Å². The van der Waals surface area contributed by atoms with Gasteiger partial charge in [-0.1, -0.05) is 18.2 Å². The number of rotatable bonds is 6. The number of hydrogen-bond donors (Lipinski definition) is 1. The number of aliphatic imine (C=N–C) groups is 1. The van der Waals surface area contributed by atoms with E-state index in [1.807, 2.05) is 25.2 Å². The summed E-state index contributed by atoms with van der Waals surface area (Å²) in [7, 11) is 1.87. The molecule has 3 rings (SSSR count). The number of ether oxygens (including phenoxy) is 2. The Balaban J connectivity index is 1.43. The van der Waals surface area contributed by atoms with Gasteiger partial charge >= 0.3 is 0 Å². The minimum Gasteiger partial charge on any atom is -0.489 e. The number of hydrogen-bond acceptors (Lipinski definition) is 4. The molecule has 0 spiro atoms. The number of nitrogens with zero attached hydrogens (tertiary/aromatic N) is 3. The molecule has 2 heterocycles. The number of nitrogens with one attached hydrogen (secondary N) is 1. The van der Waals surface area contributed by atoms with Crippen LogP contribution in [0.3, 0.4) is 0 Å². The van der Waals surface area contributed by atoms with Crippen molar-refractivity contribution < 1.29 is 9.47 Å². The number of aryl methyl sites for hydroxylation is 1. The van der Waals surface area contributed by atoms with Gasteiger partial charge in [0, 0.05) is 39.8 Å². The van der Waals surface area contributed by atoms with Crippen molar-refractivity contribution in [1.29, 1.82) is 0 Å². The van der Waals surface area contributed by atoms with Crippen molar-refractivity contribution in [3.63, 3.8) is 0 Å². The molecule has 150 valence electrons. The molecule has 2 atom stereocenters. The van der Waals surface area contributed by atoms with Crippen LogP contribution < -0.4 is 10.1 Å². The summed E-state index contributed by atoms with van der Waals surface area (Å²) in [4.78, 5) is 9.40. The highest BCUT2D eigenvalue weighted by atomic mass is 16.5. The van der Waals surface area contributed by atoms with E-state index < -0.39 is 0 Å². The van der Waals surface area contributed by atoms with Crippen molar-refractivity contribution in [3.05, 3.63) is 29.8 Å². The molecule has 0 aliphatic carbocycles. The summed E-state index contributed by atoms with van der Waals surface area (Å²) in [6.07, 6.45) is 1.31. The second-order valence-electron chi connectivity index (χ2n) is 7.64. The highest BCUT2D eigenvalue weighted by Crippen LogP contribution is 2.19. The first-order valence-electron chi connectivity index (χ1n) is 10.1. The van der Waals surface area contributed by atoms with Gasteiger partial charge in [0.05, 0.1) is 19.8 Å². The first kappa shape index (κ1) is 20.0.